The van der Waals surface area contributed by atoms with Gasteiger partial charge in [0.1, 0.15) is 0 Å². The summed E-state index contributed by atoms with van der Waals surface area (Å²) in [5, 5.41) is 0. The van der Waals surface area contributed by atoms with Gasteiger partial charge in [0, 0.05) is 20.4 Å². The summed E-state index contributed by atoms with van der Waals surface area (Å²) in [5.41, 5.74) is 5.62. The first-order valence-electron chi connectivity index (χ1n) is 4.60. The molecule has 6 heteroatoms. The molecule has 1 aromatic heterocycles. The van der Waals surface area contributed by atoms with Crippen LogP contribution in [-0.4, -0.2) is 21.4 Å². The van der Waals surface area contributed by atoms with E-state index in [2.05, 4.69) is 4.98 Å². The molecule has 0 radical (unpaired) electrons. The molecule has 6 nitrogen and oxygen atoms in total. The SMILES string of the molecule is CCn1cnc(N)c1N(C(C)=O)C(C)=O. The Labute approximate surface area is 87.7 Å². The fourth-order valence-electron chi connectivity index (χ4n) is 1.39. The Morgan fingerprint density at radius 2 is 2.00 bits per heavy atom. The number of hydrogen-bond donors (Lipinski definition) is 1. The largest absolute Gasteiger partial charge is 0.381 e. The van der Waals surface area contributed by atoms with Gasteiger partial charge in [-0.2, -0.15) is 0 Å². The molecule has 15 heavy (non-hydrogen) atoms. The number of imide groups is 1. The number of amides is 2. The molecule has 0 fully saturated rings. The summed E-state index contributed by atoms with van der Waals surface area (Å²) in [5.74, 6) is -0.214. The van der Waals surface area contributed by atoms with Crippen molar-refractivity contribution in [1.82, 2.24) is 9.55 Å². The number of rotatable bonds is 2. The lowest BCUT2D eigenvalue weighted by Gasteiger charge is -2.18. The lowest BCUT2D eigenvalue weighted by molar-refractivity contribution is -0.124. The van der Waals surface area contributed by atoms with Crippen molar-refractivity contribution in [2.45, 2.75) is 27.3 Å². The molecule has 1 aromatic rings. The van der Waals surface area contributed by atoms with Crippen LogP contribution in [0.1, 0.15) is 20.8 Å². The minimum Gasteiger partial charge on any atom is -0.381 e. The Hall–Kier alpha value is -1.85. The Morgan fingerprint density at radius 1 is 1.47 bits per heavy atom. The molecular weight excluding hydrogens is 196 g/mol. The predicted molar refractivity (Wildman–Crippen MR) is 56.2 cm³/mol. The third kappa shape index (κ3) is 1.98. The van der Waals surface area contributed by atoms with Crippen LogP contribution in [0, 0.1) is 0 Å². The van der Waals surface area contributed by atoms with E-state index in [1.165, 1.54) is 20.2 Å². The highest BCUT2D eigenvalue weighted by molar-refractivity contribution is 6.13. The van der Waals surface area contributed by atoms with Crippen LogP contribution in [0.5, 0.6) is 0 Å². The molecule has 0 saturated carbocycles. The molecular formula is C9H14N4O2. The maximum atomic E-state index is 11.3. The first-order valence-corrected chi connectivity index (χ1v) is 4.60. The van der Waals surface area contributed by atoms with Crippen molar-refractivity contribution in [1.29, 1.82) is 0 Å². The van der Waals surface area contributed by atoms with Crippen LogP contribution >= 0.6 is 0 Å². The molecule has 0 aromatic carbocycles. The molecule has 2 N–H and O–H groups in total. The zero-order valence-corrected chi connectivity index (χ0v) is 9.02. The summed E-state index contributed by atoms with van der Waals surface area (Å²) in [6.07, 6.45) is 1.50. The molecule has 0 unspecified atom stereocenters. The molecule has 0 aliphatic carbocycles. The van der Waals surface area contributed by atoms with Crippen LogP contribution in [0.4, 0.5) is 11.6 Å². The van der Waals surface area contributed by atoms with E-state index < -0.39 is 0 Å². The highest BCUT2D eigenvalue weighted by Crippen LogP contribution is 2.22. The van der Waals surface area contributed by atoms with Gasteiger partial charge in [-0.15, -0.1) is 0 Å². The third-order valence-corrected chi connectivity index (χ3v) is 2.02. The molecule has 0 atom stereocenters. The third-order valence-electron chi connectivity index (χ3n) is 2.02. The average molecular weight is 210 g/mol. The lowest BCUT2D eigenvalue weighted by Crippen LogP contribution is -2.35. The number of hydrogen-bond acceptors (Lipinski definition) is 4. The number of nitrogen functional groups attached to an aromatic ring is 1. The van der Waals surface area contributed by atoms with Gasteiger partial charge >= 0.3 is 0 Å². The number of aromatic nitrogens is 2. The summed E-state index contributed by atoms with van der Waals surface area (Å²) < 4.78 is 1.65. The van der Waals surface area contributed by atoms with Crippen LogP contribution < -0.4 is 10.6 Å². The fourth-order valence-corrected chi connectivity index (χ4v) is 1.39. The quantitative estimate of drug-likeness (QED) is 0.765. The first kappa shape index (κ1) is 11.2. The van der Waals surface area contributed by atoms with E-state index >= 15 is 0 Å². The van der Waals surface area contributed by atoms with Crippen molar-refractivity contribution < 1.29 is 9.59 Å². The van der Waals surface area contributed by atoms with Crippen LogP contribution in [0.15, 0.2) is 6.33 Å². The van der Waals surface area contributed by atoms with Crippen molar-refractivity contribution in [3.05, 3.63) is 6.33 Å². The molecule has 0 spiro atoms. The molecule has 0 bridgehead atoms. The van der Waals surface area contributed by atoms with Gasteiger partial charge < -0.3 is 10.3 Å². The standard InChI is InChI=1S/C9H14N4O2/c1-4-12-5-11-8(10)9(12)13(6(2)14)7(3)15/h5H,4,10H2,1-3H3. The van der Waals surface area contributed by atoms with Gasteiger partial charge in [0.15, 0.2) is 11.6 Å². The molecule has 1 heterocycles. The van der Waals surface area contributed by atoms with E-state index in [1.54, 1.807) is 4.57 Å². The van der Waals surface area contributed by atoms with E-state index in [4.69, 9.17) is 5.73 Å². The summed E-state index contributed by atoms with van der Waals surface area (Å²) in [4.78, 5) is 27.5. The minimum absolute atomic E-state index is 0.183. The van der Waals surface area contributed by atoms with E-state index in [9.17, 15) is 9.59 Å². The second-order valence-electron chi connectivity index (χ2n) is 3.11. The Kier molecular flexibility index (Phi) is 3.08. The van der Waals surface area contributed by atoms with Crippen LogP contribution in [-0.2, 0) is 16.1 Å². The van der Waals surface area contributed by atoms with Gasteiger partial charge in [-0.1, -0.05) is 0 Å². The fraction of sp³-hybridized carbons (Fsp3) is 0.444. The summed E-state index contributed by atoms with van der Waals surface area (Å²) in [7, 11) is 0. The summed E-state index contributed by atoms with van der Waals surface area (Å²) in [6.45, 7) is 5.10. The Bertz CT molecular complexity index is 383. The topological polar surface area (TPSA) is 81.2 Å². The zero-order chi connectivity index (χ0) is 11.6. The van der Waals surface area contributed by atoms with Crippen molar-refractivity contribution in [2.24, 2.45) is 0 Å². The smallest absolute Gasteiger partial charge is 0.231 e. The van der Waals surface area contributed by atoms with Gasteiger partial charge in [-0.3, -0.25) is 9.59 Å². The number of carbonyl (C=O) groups excluding carboxylic acids is 2. The highest BCUT2D eigenvalue weighted by atomic mass is 16.2. The van der Waals surface area contributed by atoms with Crippen LogP contribution in [0.3, 0.4) is 0 Å². The van der Waals surface area contributed by atoms with Crippen molar-refractivity contribution in [3.8, 4) is 0 Å². The molecule has 82 valence electrons. The van der Waals surface area contributed by atoms with Gasteiger partial charge in [0.05, 0.1) is 6.33 Å². The first-order chi connectivity index (χ1) is 6.99. The number of anilines is 2. The van der Waals surface area contributed by atoms with E-state index in [-0.39, 0.29) is 17.6 Å². The number of nitrogens with two attached hydrogens (primary N) is 1. The molecule has 1 rings (SSSR count). The molecule has 2 amide bonds. The average Bonchev–Trinajstić information content (AvgIpc) is 2.47. The monoisotopic (exact) mass is 210 g/mol. The summed E-state index contributed by atoms with van der Waals surface area (Å²) in [6, 6.07) is 0. The zero-order valence-electron chi connectivity index (χ0n) is 9.02. The van der Waals surface area contributed by atoms with Gasteiger partial charge in [0.25, 0.3) is 0 Å². The van der Waals surface area contributed by atoms with Crippen molar-refractivity contribution in [2.75, 3.05) is 10.6 Å². The Morgan fingerprint density at radius 3 is 2.40 bits per heavy atom. The van der Waals surface area contributed by atoms with Gasteiger partial charge in [-0.05, 0) is 6.92 Å². The van der Waals surface area contributed by atoms with Gasteiger partial charge in [0.2, 0.25) is 11.8 Å². The summed E-state index contributed by atoms with van der Waals surface area (Å²) >= 11 is 0. The van der Waals surface area contributed by atoms with Crippen LogP contribution in [0.25, 0.3) is 0 Å². The maximum absolute atomic E-state index is 11.3. The number of nitrogens with zero attached hydrogens (tertiary/aromatic N) is 3. The number of aryl methyl sites for hydroxylation is 1. The van der Waals surface area contributed by atoms with Gasteiger partial charge in [-0.25, -0.2) is 9.88 Å². The van der Waals surface area contributed by atoms with E-state index in [0.717, 1.165) is 4.90 Å². The second kappa shape index (κ2) is 4.12. The van der Waals surface area contributed by atoms with Crippen molar-refractivity contribution in [3.63, 3.8) is 0 Å². The lowest BCUT2D eigenvalue weighted by atomic mass is 10.4. The van der Waals surface area contributed by atoms with E-state index in [1.807, 2.05) is 6.92 Å². The maximum Gasteiger partial charge on any atom is 0.231 e. The minimum atomic E-state index is -0.371. The van der Waals surface area contributed by atoms with Crippen molar-refractivity contribution >= 4 is 23.5 Å². The number of imidazole rings is 1. The number of carbonyl (C=O) groups is 2. The Balaban J connectivity index is 3.27. The van der Waals surface area contributed by atoms with Crippen LogP contribution in [0.2, 0.25) is 0 Å². The highest BCUT2D eigenvalue weighted by Gasteiger charge is 2.22. The molecule has 0 aliphatic rings. The normalized spacial score (nSPS) is 10.1. The predicted octanol–water partition coefficient (Wildman–Crippen LogP) is 0.385. The molecule has 0 saturated heterocycles. The second-order valence-corrected chi connectivity index (χ2v) is 3.11. The van der Waals surface area contributed by atoms with E-state index in [0.29, 0.717) is 12.4 Å². The molecule has 0 aliphatic heterocycles.